The van der Waals surface area contributed by atoms with E-state index < -0.39 is 6.10 Å². The van der Waals surface area contributed by atoms with Gasteiger partial charge in [0.15, 0.2) is 5.82 Å². The number of aromatic amines is 2. The summed E-state index contributed by atoms with van der Waals surface area (Å²) in [4.78, 5) is 4.54. The Kier molecular flexibility index (Phi) is 7.45. The molecule has 0 saturated carbocycles. The maximum atomic E-state index is 10.6. The maximum absolute atomic E-state index is 10.6. The van der Waals surface area contributed by atoms with E-state index in [1.54, 1.807) is 11.3 Å². The fourth-order valence-electron chi connectivity index (χ4n) is 4.27. The second-order valence-electron chi connectivity index (χ2n) is 9.60. The number of rotatable bonds is 11. The van der Waals surface area contributed by atoms with E-state index in [9.17, 15) is 5.11 Å². The lowest BCUT2D eigenvalue weighted by molar-refractivity contribution is 0.0991. The molecular weight excluding hydrogens is 484 g/mol. The third-order valence-corrected chi connectivity index (χ3v) is 7.03. The topological polar surface area (TPSA) is 112 Å². The van der Waals surface area contributed by atoms with Gasteiger partial charge in [0.05, 0.1) is 0 Å². The van der Waals surface area contributed by atoms with Gasteiger partial charge in [-0.1, -0.05) is 36.4 Å². The Hall–Kier alpha value is -3.79. The van der Waals surface area contributed by atoms with Crippen LogP contribution in [0.15, 0.2) is 66.2 Å². The highest BCUT2D eigenvalue weighted by molar-refractivity contribution is 7.13. The molecule has 5 rings (SSSR count). The third-order valence-electron chi connectivity index (χ3n) is 6.13. The van der Waals surface area contributed by atoms with Gasteiger partial charge in [0.25, 0.3) is 0 Å². The van der Waals surface area contributed by atoms with E-state index >= 15 is 0 Å². The molecule has 0 aliphatic rings. The van der Waals surface area contributed by atoms with Gasteiger partial charge >= 0.3 is 0 Å². The summed E-state index contributed by atoms with van der Waals surface area (Å²) in [5.41, 5.74) is 4.16. The lowest BCUT2D eigenvalue weighted by Gasteiger charge is -2.28. The second-order valence-corrected chi connectivity index (χ2v) is 10.5. The number of tetrazole rings is 1. The predicted molar refractivity (Wildman–Crippen MR) is 148 cm³/mol. The molecule has 0 spiro atoms. The summed E-state index contributed by atoms with van der Waals surface area (Å²) in [6.07, 6.45) is 6.00. The zero-order valence-corrected chi connectivity index (χ0v) is 21.6. The monoisotopic (exact) mass is 514 g/mol. The van der Waals surface area contributed by atoms with Crippen LogP contribution in [0.3, 0.4) is 0 Å². The highest BCUT2D eigenvalue weighted by Crippen LogP contribution is 2.33. The Morgan fingerprint density at radius 2 is 2.03 bits per heavy atom. The SMILES string of the molecule is CC(C)(Cc1c[nH]c2cc(/C=C/c3nn[nH]n3)ccc12)NC[C@H](O)COc1ccccc1-c1cccs1. The highest BCUT2D eigenvalue weighted by Gasteiger charge is 2.21. The smallest absolute Gasteiger partial charge is 0.197 e. The molecule has 8 nitrogen and oxygen atoms in total. The largest absolute Gasteiger partial charge is 0.490 e. The van der Waals surface area contributed by atoms with Crippen LogP contribution < -0.4 is 10.1 Å². The number of para-hydroxylation sites is 1. The lowest BCUT2D eigenvalue weighted by atomic mass is 9.94. The molecule has 0 unspecified atom stereocenters. The van der Waals surface area contributed by atoms with Crippen molar-refractivity contribution in [1.29, 1.82) is 0 Å². The van der Waals surface area contributed by atoms with Gasteiger partial charge < -0.3 is 20.1 Å². The zero-order valence-electron chi connectivity index (χ0n) is 20.8. The van der Waals surface area contributed by atoms with E-state index in [-0.39, 0.29) is 12.1 Å². The summed E-state index contributed by atoms with van der Waals surface area (Å²) in [5.74, 6) is 1.33. The van der Waals surface area contributed by atoms with E-state index in [1.807, 2.05) is 42.5 Å². The number of thiophene rings is 1. The van der Waals surface area contributed by atoms with Gasteiger partial charge in [-0.2, -0.15) is 5.21 Å². The molecule has 190 valence electrons. The third kappa shape index (κ3) is 6.32. The van der Waals surface area contributed by atoms with Crippen LogP contribution in [0.5, 0.6) is 5.75 Å². The van der Waals surface area contributed by atoms with E-state index in [0.29, 0.717) is 12.4 Å². The number of nitrogens with zero attached hydrogens (tertiary/aromatic N) is 3. The van der Waals surface area contributed by atoms with Gasteiger partial charge in [-0.05, 0) is 72.3 Å². The average molecular weight is 515 g/mol. The number of hydrogen-bond donors (Lipinski definition) is 4. The maximum Gasteiger partial charge on any atom is 0.197 e. The van der Waals surface area contributed by atoms with Crippen molar-refractivity contribution in [2.24, 2.45) is 0 Å². The highest BCUT2D eigenvalue weighted by atomic mass is 32.1. The van der Waals surface area contributed by atoms with Crippen LogP contribution in [-0.2, 0) is 6.42 Å². The zero-order chi connectivity index (χ0) is 25.7. The number of hydrogen-bond acceptors (Lipinski definition) is 7. The van der Waals surface area contributed by atoms with Crippen LogP contribution in [0, 0.1) is 0 Å². The minimum Gasteiger partial charge on any atom is -0.490 e. The van der Waals surface area contributed by atoms with Gasteiger partial charge in [-0.3, -0.25) is 0 Å². The Morgan fingerprint density at radius 3 is 2.84 bits per heavy atom. The number of aliphatic hydroxyl groups is 1. The van der Waals surface area contributed by atoms with Gasteiger partial charge in [0.2, 0.25) is 0 Å². The minimum absolute atomic E-state index is 0.220. The van der Waals surface area contributed by atoms with Crippen molar-refractivity contribution in [1.82, 2.24) is 30.9 Å². The number of aliphatic hydroxyl groups excluding tert-OH is 1. The Balaban J connectivity index is 1.16. The quantitative estimate of drug-likeness (QED) is 0.199. The van der Waals surface area contributed by atoms with Gasteiger partial charge in [-0.15, -0.1) is 21.5 Å². The predicted octanol–water partition coefficient (Wildman–Crippen LogP) is 4.93. The summed E-state index contributed by atoms with van der Waals surface area (Å²) in [7, 11) is 0. The van der Waals surface area contributed by atoms with Crippen molar-refractivity contribution in [3.63, 3.8) is 0 Å². The first-order valence-corrected chi connectivity index (χ1v) is 13.1. The van der Waals surface area contributed by atoms with Crippen molar-refractivity contribution < 1.29 is 9.84 Å². The molecule has 37 heavy (non-hydrogen) atoms. The van der Waals surface area contributed by atoms with E-state index in [1.165, 1.54) is 10.9 Å². The van der Waals surface area contributed by atoms with E-state index in [0.717, 1.165) is 33.7 Å². The van der Waals surface area contributed by atoms with Crippen molar-refractivity contribution in [3.05, 3.63) is 83.1 Å². The van der Waals surface area contributed by atoms with Crippen LogP contribution in [0.2, 0.25) is 0 Å². The fourth-order valence-corrected chi connectivity index (χ4v) is 5.03. The summed E-state index contributed by atoms with van der Waals surface area (Å²) in [6, 6.07) is 18.4. The van der Waals surface area contributed by atoms with E-state index in [4.69, 9.17) is 4.74 Å². The molecule has 0 fully saturated rings. The molecule has 0 bridgehead atoms. The second kappa shape index (κ2) is 11.1. The molecule has 0 radical (unpaired) electrons. The molecule has 0 aliphatic carbocycles. The molecule has 9 heteroatoms. The van der Waals surface area contributed by atoms with Gasteiger partial charge in [0, 0.05) is 39.6 Å². The first kappa shape index (κ1) is 24.9. The number of nitrogens with one attached hydrogen (secondary N) is 3. The van der Waals surface area contributed by atoms with Crippen LogP contribution >= 0.6 is 11.3 Å². The first-order chi connectivity index (χ1) is 18.0. The minimum atomic E-state index is -0.632. The molecule has 3 aromatic heterocycles. The first-order valence-electron chi connectivity index (χ1n) is 12.2. The van der Waals surface area contributed by atoms with Crippen molar-refractivity contribution in [2.45, 2.75) is 31.9 Å². The molecule has 5 aromatic rings. The number of benzene rings is 2. The van der Waals surface area contributed by atoms with Crippen LogP contribution in [-0.4, -0.2) is 55.5 Å². The average Bonchev–Trinajstić information content (AvgIpc) is 3.68. The molecular formula is C28H30N6O2S. The molecule has 0 amide bonds. The number of β-amino-alcohol motifs (C(OH)–C–C–N with tert-alkyl or cyclic N) is 1. The summed E-state index contributed by atoms with van der Waals surface area (Å²) in [5, 5.41) is 31.3. The Labute approximate surface area is 219 Å². The number of aromatic nitrogens is 5. The van der Waals surface area contributed by atoms with Crippen molar-refractivity contribution in [2.75, 3.05) is 13.2 Å². The van der Waals surface area contributed by atoms with Crippen LogP contribution in [0.1, 0.15) is 30.8 Å². The normalized spacial score (nSPS) is 12.9. The summed E-state index contributed by atoms with van der Waals surface area (Å²) < 4.78 is 6.00. The Bertz CT molecular complexity index is 1460. The number of fused-ring (bicyclic) bond motifs is 1. The summed E-state index contributed by atoms with van der Waals surface area (Å²) in [6.45, 7) is 4.95. The molecule has 3 heterocycles. The van der Waals surface area contributed by atoms with Crippen LogP contribution in [0.4, 0.5) is 0 Å². The van der Waals surface area contributed by atoms with Crippen LogP contribution in [0.25, 0.3) is 33.5 Å². The van der Waals surface area contributed by atoms with E-state index in [2.05, 4.69) is 80.6 Å². The Morgan fingerprint density at radius 1 is 1.14 bits per heavy atom. The number of H-pyrrole nitrogens is 2. The van der Waals surface area contributed by atoms with Crippen molar-refractivity contribution >= 4 is 34.4 Å². The summed E-state index contributed by atoms with van der Waals surface area (Å²) >= 11 is 1.67. The molecule has 0 saturated heterocycles. The standard InChI is InChI=1S/C28H30N6O2S/c1-28(2,30-17-21(35)18-36-25-7-4-3-6-23(25)26-8-5-13-37-26)15-20-16-29-24-14-19(9-11-22(20)24)10-12-27-31-33-34-32-27/h3-14,16,21,29-30,35H,15,17-18H2,1-2H3,(H,31,32,33,34)/b12-10+/t21-/m0/s1. The fraction of sp³-hybridized carbons (Fsp3) is 0.250. The molecule has 4 N–H and O–H groups in total. The van der Waals surface area contributed by atoms with Crippen molar-refractivity contribution in [3.8, 4) is 16.2 Å². The molecule has 1 atom stereocenters. The number of ether oxygens (including phenoxy) is 1. The molecule has 2 aromatic carbocycles. The molecule has 0 aliphatic heterocycles. The van der Waals surface area contributed by atoms with Gasteiger partial charge in [0.1, 0.15) is 18.5 Å². The van der Waals surface area contributed by atoms with Gasteiger partial charge in [-0.25, -0.2) is 0 Å². The lowest BCUT2D eigenvalue weighted by Crippen LogP contribution is -2.46.